The maximum absolute atomic E-state index is 4.99. The summed E-state index contributed by atoms with van der Waals surface area (Å²) in [6.45, 7) is 2.32. The van der Waals surface area contributed by atoms with Crippen LogP contribution in [-0.2, 0) is 11.3 Å². The first-order valence-electron chi connectivity index (χ1n) is 4.36. The average Bonchev–Trinajstić information content (AvgIpc) is 2.74. The van der Waals surface area contributed by atoms with Crippen molar-refractivity contribution in [3.63, 3.8) is 0 Å². The molecule has 0 aliphatic heterocycles. The van der Waals surface area contributed by atoms with Crippen LogP contribution in [0.2, 0.25) is 0 Å². The van der Waals surface area contributed by atoms with Crippen molar-refractivity contribution in [2.24, 2.45) is 0 Å². The lowest BCUT2D eigenvalue weighted by molar-refractivity contribution is 0.180. The number of methoxy groups -OCH3 is 1. The molecule has 78 valence electrons. The predicted molar refractivity (Wildman–Crippen MR) is 50.2 cm³/mol. The van der Waals surface area contributed by atoms with Crippen LogP contribution in [0, 0.1) is 6.92 Å². The summed E-state index contributed by atoms with van der Waals surface area (Å²) in [5.41, 5.74) is 1.62. The zero-order valence-electron chi connectivity index (χ0n) is 8.45. The molecule has 0 saturated carbocycles. The van der Waals surface area contributed by atoms with Gasteiger partial charge in [0.1, 0.15) is 6.33 Å². The number of hydrogen-bond acceptors (Lipinski definition) is 6. The molecule has 2 rings (SSSR count). The van der Waals surface area contributed by atoms with Gasteiger partial charge in [0.2, 0.25) is 0 Å². The molecule has 0 spiro atoms. The molecular formula is C8H10N6O. The first-order valence-corrected chi connectivity index (χ1v) is 4.36. The second kappa shape index (κ2) is 4.09. The average molecular weight is 206 g/mol. The van der Waals surface area contributed by atoms with Crippen molar-refractivity contribution < 1.29 is 4.74 Å². The Morgan fingerprint density at radius 2 is 2.33 bits per heavy atom. The van der Waals surface area contributed by atoms with Crippen molar-refractivity contribution in [2.45, 2.75) is 13.5 Å². The van der Waals surface area contributed by atoms with Crippen LogP contribution >= 0.6 is 0 Å². The molecule has 0 unspecified atom stereocenters. The maximum Gasteiger partial charge on any atom is 0.175 e. The summed E-state index contributed by atoms with van der Waals surface area (Å²) in [7, 11) is 1.62. The van der Waals surface area contributed by atoms with Gasteiger partial charge in [-0.15, -0.1) is 5.10 Å². The van der Waals surface area contributed by atoms with E-state index in [4.69, 9.17) is 4.74 Å². The number of ether oxygens (including phenoxy) is 1. The molecular weight excluding hydrogens is 196 g/mol. The SMILES string of the molecule is COCc1ncc(-n2cnnn2)nc1C. The van der Waals surface area contributed by atoms with Crippen LogP contribution in [-0.4, -0.2) is 37.3 Å². The lowest BCUT2D eigenvalue weighted by Gasteiger charge is -2.04. The highest BCUT2D eigenvalue weighted by atomic mass is 16.5. The molecule has 2 aromatic heterocycles. The van der Waals surface area contributed by atoms with Crippen molar-refractivity contribution in [1.82, 2.24) is 30.2 Å². The van der Waals surface area contributed by atoms with Gasteiger partial charge in [0.05, 0.1) is 24.2 Å². The van der Waals surface area contributed by atoms with Crippen molar-refractivity contribution in [3.8, 4) is 5.82 Å². The van der Waals surface area contributed by atoms with Gasteiger partial charge in [-0.1, -0.05) is 0 Å². The Balaban J connectivity index is 2.33. The van der Waals surface area contributed by atoms with Gasteiger partial charge in [0.15, 0.2) is 5.82 Å². The smallest absolute Gasteiger partial charge is 0.175 e. The van der Waals surface area contributed by atoms with E-state index in [9.17, 15) is 0 Å². The third kappa shape index (κ3) is 1.96. The van der Waals surface area contributed by atoms with Crippen LogP contribution < -0.4 is 0 Å². The van der Waals surface area contributed by atoms with Gasteiger partial charge < -0.3 is 4.74 Å². The molecule has 0 saturated heterocycles. The molecule has 2 aromatic rings. The topological polar surface area (TPSA) is 78.6 Å². The third-order valence-electron chi connectivity index (χ3n) is 1.90. The van der Waals surface area contributed by atoms with Gasteiger partial charge in [0, 0.05) is 7.11 Å². The normalized spacial score (nSPS) is 10.5. The molecule has 0 fully saturated rings. The summed E-state index contributed by atoms with van der Waals surface area (Å²) in [6, 6.07) is 0. The molecule has 0 atom stereocenters. The molecule has 15 heavy (non-hydrogen) atoms. The number of rotatable bonds is 3. The second-order valence-electron chi connectivity index (χ2n) is 2.95. The molecule has 0 amide bonds. The van der Waals surface area contributed by atoms with E-state index in [-0.39, 0.29) is 0 Å². The quantitative estimate of drug-likeness (QED) is 0.698. The fourth-order valence-corrected chi connectivity index (χ4v) is 1.15. The van der Waals surface area contributed by atoms with Gasteiger partial charge >= 0.3 is 0 Å². The number of aromatic nitrogens is 6. The summed E-state index contributed by atoms with van der Waals surface area (Å²) >= 11 is 0. The molecule has 7 heteroatoms. The minimum atomic E-state index is 0.453. The van der Waals surface area contributed by atoms with E-state index >= 15 is 0 Å². The third-order valence-corrected chi connectivity index (χ3v) is 1.90. The Labute approximate surface area is 86.1 Å². The highest BCUT2D eigenvalue weighted by molar-refractivity contribution is 5.20. The van der Waals surface area contributed by atoms with Crippen LogP contribution in [0.5, 0.6) is 0 Å². The molecule has 0 aliphatic carbocycles. The number of tetrazole rings is 1. The summed E-state index contributed by atoms with van der Waals surface area (Å²) in [4.78, 5) is 8.53. The molecule has 0 radical (unpaired) electrons. The van der Waals surface area contributed by atoms with Gasteiger partial charge in [-0.05, 0) is 17.4 Å². The van der Waals surface area contributed by atoms with Crippen LogP contribution in [0.3, 0.4) is 0 Å². The molecule has 2 heterocycles. The van der Waals surface area contributed by atoms with Crippen molar-refractivity contribution in [3.05, 3.63) is 23.9 Å². The Morgan fingerprint density at radius 3 is 2.93 bits per heavy atom. The number of nitrogens with zero attached hydrogens (tertiary/aromatic N) is 6. The summed E-state index contributed by atoms with van der Waals surface area (Å²) < 4.78 is 6.44. The van der Waals surface area contributed by atoms with E-state index in [0.717, 1.165) is 11.4 Å². The van der Waals surface area contributed by atoms with Crippen LogP contribution in [0.1, 0.15) is 11.4 Å². The Bertz CT molecular complexity index is 440. The minimum Gasteiger partial charge on any atom is -0.378 e. The first kappa shape index (κ1) is 9.66. The predicted octanol–water partition coefficient (Wildman–Crippen LogP) is -0.0929. The number of aryl methyl sites for hydroxylation is 1. The Hall–Kier alpha value is -1.89. The summed E-state index contributed by atoms with van der Waals surface area (Å²) in [6.07, 6.45) is 3.08. The van der Waals surface area contributed by atoms with Crippen LogP contribution in [0.25, 0.3) is 5.82 Å². The standard InChI is InChI=1S/C8H10N6O/c1-6-7(4-15-2)9-3-8(11-6)14-5-10-12-13-14/h3,5H,4H2,1-2H3. The van der Waals surface area contributed by atoms with Crippen molar-refractivity contribution in [1.29, 1.82) is 0 Å². The Morgan fingerprint density at radius 1 is 1.47 bits per heavy atom. The largest absolute Gasteiger partial charge is 0.378 e. The molecule has 0 N–H and O–H groups in total. The zero-order chi connectivity index (χ0) is 10.7. The Kier molecular flexibility index (Phi) is 2.64. The van der Waals surface area contributed by atoms with E-state index in [1.54, 1.807) is 13.3 Å². The lowest BCUT2D eigenvalue weighted by atomic mass is 10.3. The van der Waals surface area contributed by atoms with Crippen molar-refractivity contribution >= 4 is 0 Å². The van der Waals surface area contributed by atoms with E-state index in [2.05, 4.69) is 25.5 Å². The van der Waals surface area contributed by atoms with E-state index in [0.29, 0.717) is 12.4 Å². The van der Waals surface area contributed by atoms with E-state index < -0.39 is 0 Å². The van der Waals surface area contributed by atoms with Crippen molar-refractivity contribution in [2.75, 3.05) is 7.11 Å². The van der Waals surface area contributed by atoms with Crippen LogP contribution in [0.4, 0.5) is 0 Å². The van der Waals surface area contributed by atoms with Gasteiger partial charge in [-0.3, -0.25) is 4.98 Å². The van der Waals surface area contributed by atoms with Gasteiger partial charge in [-0.2, -0.15) is 4.68 Å². The van der Waals surface area contributed by atoms with E-state index in [1.807, 2.05) is 6.92 Å². The van der Waals surface area contributed by atoms with Gasteiger partial charge in [-0.25, -0.2) is 4.98 Å². The van der Waals surface area contributed by atoms with Gasteiger partial charge in [0.25, 0.3) is 0 Å². The fourth-order valence-electron chi connectivity index (χ4n) is 1.15. The molecule has 0 bridgehead atoms. The minimum absolute atomic E-state index is 0.453. The highest BCUT2D eigenvalue weighted by Gasteiger charge is 2.05. The first-order chi connectivity index (χ1) is 7.31. The molecule has 0 aromatic carbocycles. The fraction of sp³-hybridized carbons (Fsp3) is 0.375. The summed E-state index contributed by atoms with van der Waals surface area (Å²) in [5.74, 6) is 0.595. The maximum atomic E-state index is 4.99. The summed E-state index contributed by atoms with van der Waals surface area (Å²) in [5, 5.41) is 10.8. The lowest BCUT2D eigenvalue weighted by Crippen LogP contribution is -2.05. The highest BCUT2D eigenvalue weighted by Crippen LogP contribution is 2.06. The van der Waals surface area contributed by atoms with E-state index in [1.165, 1.54) is 11.0 Å². The zero-order valence-corrected chi connectivity index (χ0v) is 8.45. The molecule has 0 aliphatic rings. The monoisotopic (exact) mass is 206 g/mol. The van der Waals surface area contributed by atoms with Crippen LogP contribution in [0.15, 0.2) is 12.5 Å². The number of hydrogen-bond donors (Lipinski definition) is 0. The second-order valence-corrected chi connectivity index (χ2v) is 2.95. The molecule has 7 nitrogen and oxygen atoms in total.